The van der Waals surface area contributed by atoms with E-state index in [0.717, 1.165) is 0 Å². The molecule has 0 saturated carbocycles. The Bertz CT molecular complexity index is 252. The predicted molar refractivity (Wildman–Crippen MR) is 107 cm³/mol. The van der Waals surface area contributed by atoms with Gasteiger partial charge < -0.3 is 14.8 Å². The average Bonchev–Trinajstić information content (AvgIpc) is 2.59. The zero-order valence-corrected chi connectivity index (χ0v) is 20.9. The molecule has 0 aromatic carbocycles. The topological polar surface area (TPSA) is 69.2 Å². The summed E-state index contributed by atoms with van der Waals surface area (Å²) in [6.45, 7) is 7.36. The zero-order chi connectivity index (χ0) is 20.8. The second-order valence-electron chi connectivity index (χ2n) is 8.52. The van der Waals surface area contributed by atoms with Crippen LogP contribution in [-0.2, 0) is 0 Å². The van der Waals surface area contributed by atoms with Crippen LogP contribution in [0.2, 0.25) is 0 Å². The summed E-state index contributed by atoms with van der Waals surface area (Å²) in [6.07, 6.45) is 23.0. The molecular formula is C22H48INO3. The normalized spacial score (nSPS) is 11.6. The van der Waals surface area contributed by atoms with Gasteiger partial charge >= 0.3 is 0 Å². The Morgan fingerprint density at radius 1 is 0.481 bits per heavy atom. The van der Waals surface area contributed by atoms with Crippen LogP contribution in [-0.4, -0.2) is 31.7 Å². The molecule has 0 aliphatic carbocycles. The summed E-state index contributed by atoms with van der Waals surface area (Å²) < 4.78 is 27.0. The van der Waals surface area contributed by atoms with Crippen molar-refractivity contribution in [2.24, 2.45) is 0 Å². The molecule has 0 heterocycles. The highest BCUT2D eigenvalue weighted by Gasteiger charge is 2.13. The third-order valence-corrected chi connectivity index (χ3v) is 5.23. The fourth-order valence-corrected chi connectivity index (χ4v) is 3.46. The lowest BCUT2D eigenvalue weighted by molar-refractivity contribution is -1.73. The molecule has 0 aromatic rings. The van der Waals surface area contributed by atoms with Crippen LogP contribution in [0.1, 0.15) is 117 Å². The van der Waals surface area contributed by atoms with E-state index in [1.54, 1.807) is 0 Å². The molecule has 0 aliphatic rings. The Kier molecular flexibility index (Phi) is 25.2. The third-order valence-electron chi connectivity index (χ3n) is 5.23. The number of hydrogen-bond acceptors (Lipinski definition) is 3. The van der Waals surface area contributed by atoms with Gasteiger partial charge in [0.2, 0.25) is 0 Å². The first-order chi connectivity index (χ1) is 12.9. The van der Waals surface area contributed by atoms with Crippen LogP contribution in [0.5, 0.6) is 0 Å². The quantitative estimate of drug-likeness (QED) is 0.158. The van der Waals surface area contributed by atoms with Crippen molar-refractivity contribution < 1.29 is 35.9 Å². The molecule has 0 amide bonds. The van der Waals surface area contributed by atoms with Crippen LogP contribution in [0.3, 0.4) is 0 Å². The minimum atomic E-state index is -4.01. The molecule has 0 bridgehead atoms. The van der Waals surface area contributed by atoms with E-state index in [2.05, 4.69) is 27.9 Å². The van der Waals surface area contributed by atoms with Gasteiger partial charge in [-0.15, -0.1) is 0 Å². The van der Waals surface area contributed by atoms with E-state index in [1.807, 2.05) is 0 Å². The van der Waals surface area contributed by atoms with Gasteiger partial charge in [-0.05, 0) is 25.7 Å². The van der Waals surface area contributed by atoms with Gasteiger partial charge in [0.05, 0.1) is 27.2 Å². The summed E-state index contributed by atoms with van der Waals surface area (Å²) in [5, 5.41) is 0. The fraction of sp³-hybridized carbons (Fsp3) is 1.00. The van der Waals surface area contributed by atoms with Crippen molar-refractivity contribution in [1.82, 2.24) is 0 Å². The van der Waals surface area contributed by atoms with Crippen molar-refractivity contribution in [3.8, 4) is 0 Å². The molecule has 27 heavy (non-hydrogen) atoms. The summed E-state index contributed by atoms with van der Waals surface area (Å²) in [5.74, 6) is 0. The van der Waals surface area contributed by atoms with Crippen molar-refractivity contribution in [3.05, 3.63) is 0 Å². The van der Waals surface area contributed by atoms with Crippen molar-refractivity contribution >= 4 is 0 Å². The van der Waals surface area contributed by atoms with Gasteiger partial charge in [-0.3, -0.25) is 0 Å². The van der Waals surface area contributed by atoms with Crippen molar-refractivity contribution in [2.45, 2.75) is 117 Å². The van der Waals surface area contributed by atoms with E-state index in [-0.39, 0.29) is 0 Å². The highest BCUT2D eigenvalue weighted by Crippen LogP contribution is 2.13. The van der Waals surface area contributed by atoms with Gasteiger partial charge in [-0.25, -0.2) is 0 Å². The van der Waals surface area contributed by atoms with Crippen LogP contribution in [0.25, 0.3) is 0 Å². The first kappa shape index (κ1) is 29.8. The molecule has 0 saturated heterocycles. The molecule has 166 valence electrons. The molecule has 0 radical (unpaired) electrons. The summed E-state index contributed by atoms with van der Waals surface area (Å²) in [5.41, 5.74) is 0. The predicted octanol–water partition coefficient (Wildman–Crippen LogP) is 0.781. The lowest BCUT2D eigenvalue weighted by Gasteiger charge is -2.30. The number of hydrogen-bond donors (Lipinski definition) is 0. The maximum absolute atomic E-state index is 8.57. The molecule has 0 aliphatic heterocycles. The molecule has 0 rings (SSSR count). The molecule has 0 fully saturated rings. The second-order valence-corrected chi connectivity index (χ2v) is 9.60. The summed E-state index contributed by atoms with van der Waals surface area (Å²) in [6, 6.07) is 0. The number of halogens is 1. The summed E-state index contributed by atoms with van der Waals surface area (Å²) in [7, 11) is 4.87. The van der Waals surface area contributed by atoms with Crippen LogP contribution >= 0.6 is 0 Å². The molecule has 0 atom stereocenters. The summed E-state index contributed by atoms with van der Waals surface area (Å²) >= 11 is -4.01. The van der Waals surface area contributed by atoms with E-state index in [1.165, 1.54) is 120 Å². The lowest BCUT2D eigenvalue weighted by atomic mass is 10.1. The molecule has 0 unspecified atom stereocenters. The fourth-order valence-electron chi connectivity index (χ4n) is 3.46. The van der Waals surface area contributed by atoms with E-state index in [0.29, 0.717) is 0 Å². The Morgan fingerprint density at radius 3 is 0.963 bits per heavy atom. The second kappa shape index (κ2) is 22.9. The molecule has 0 spiro atoms. The average molecular weight is 502 g/mol. The SMILES string of the molecule is CCCCCCCCCC[N+](C)(C)CCCCCCCCCC.[O-][I+2]([O-])[O-]. The third kappa shape index (κ3) is 31.5. The van der Waals surface area contributed by atoms with Gasteiger partial charge in [0.1, 0.15) is 0 Å². The Balaban J connectivity index is 0. The first-order valence-corrected chi connectivity index (χ1v) is 14.0. The Labute approximate surface area is 179 Å². The van der Waals surface area contributed by atoms with Crippen molar-refractivity contribution in [2.75, 3.05) is 27.2 Å². The minimum absolute atomic E-state index is 1.24. The van der Waals surface area contributed by atoms with Gasteiger partial charge in [0.15, 0.2) is 0 Å². The van der Waals surface area contributed by atoms with Crippen molar-refractivity contribution in [1.29, 1.82) is 0 Å². The zero-order valence-electron chi connectivity index (χ0n) is 18.8. The van der Waals surface area contributed by atoms with Gasteiger partial charge in [0.25, 0.3) is 21.1 Å². The van der Waals surface area contributed by atoms with Crippen LogP contribution in [0, 0.1) is 0 Å². The van der Waals surface area contributed by atoms with Gasteiger partial charge in [-0.2, -0.15) is 0 Å². The van der Waals surface area contributed by atoms with Gasteiger partial charge in [0, 0.05) is 0 Å². The molecule has 0 aromatic heterocycles. The lowest BCUT2D eigenvalue weighted by Crippen LogP contribution is -4.05. The minimum Gasteiger partial charge on any atom is -0.427 e. The number of quaternary nitrogens is 1. The smallest absolute Gasteiger partial charge is 0.282 e. The van der Waals surface area contributed by atoms with Crippen LogP contribution < -0.4 is 31.4 Å². The number of unbranched alkanes of at least 4 members (excludes halogenated alkanes) is 14. The maximum Gasteiger partial charge on any atom is 0.282 e. The number of rotatable bonds is 18. The molecule has 4 nitrogen and oxygen atoms in total. The van der Waals surface area contributed by atoms with E-state index in [9.17, 15) is 0 Å². The van der Waals surface area contributed by atoms with E-state index < -0.39 is 21.1 Å². The van der Waals surface area contributed by atoms with Crippen LogP contribution in [0.4, 0.5) is 0 Å². The highest BCUT2D eigenvalue weighted by molar-refractivity contribution is 4.48. The molecule has 5 heteroatoms. The van der Waals surface area contributed by atoms with Gasteiger partial charge in [-0.1, -0.05) is 90.9 Å². The monoisotopic (exact) mass is 501 g/mol. The highest BCUT2D eigenvalue weighted by atomic mass is 127. The van der Waals surface area contributed by atoms with E-state index in [4.69, 9.17) is 10.3 Å². The molecular weight excluding hydrogens is 453 g/mol. The molecule has 0 N–H and O–H groups in total. The summed E-state index contributed by atoms with van der Waals surface area (Å²) in [4.78, 5) is 0. The largest absolute Gasteiger partial charge is 0.427 e. The number of nitrogens with zero attached hydrogens (tertiary/aromatic N) is 1. The van der Waals surface area contributed by atoms with Crippen LogP contribution in [0.15, 0.2) is 0 Å². The maximum atomic E-state index is 8.57. The Morgan fingerprint density at radius 2 is 0.704 bits per heavy atom. The first-order valence-electron chi connectivity index (χ1n) is 11.4. The standard InChI is InChI=1S/C22H48N.IO3/c1-5-7-9-11-13-15-17-19-21-23(3,4)22-20-18-16-14-12-10-8-6-2;2-1(3)4/h5-22H2,1-4H3;/q+1;-1. The Hall–Kier alpha value is 0.570. The van der Waals surface area contributed by atoms with E-state index >= 15 is 0 Å². The van der Waals surface area contributed by atoms with Crippen molar-refractivity contribution in [3.63, 3.8) is 0 Å².